The fourth-order valence-electron chi connectivity index (χ4n) is 3.08. The molecule has 1 N–H and O–H groups in total. The minimum atomic E-state index is -0.283. The fourth-order valence-corrected chi connectivity index (χ4v) is 3.89. The third-order valence-electron chi connectivity index (χ3n) is 4.75. The highest BCUT2D eigenvalue weighted by atomic mass is 32.2. The van der Waals surface area contributed by atoms with Gasteiger partial charge in [0.05, 0.1) is 11.4 Å². The van der Waals surface area contributed by atoms with Crippen LogP contribution in [-0.2, 0) is 16.1 Å². The maximum absolute atomic E-state index is 13.2. The standard InChI is InChI=1S/C23H21N5O3S/c1-3-27-14-21(31-26-27)25-20(29)15-32-23-24-19(13-17-10-8-7-9-16(17)2)22(30)28(23)18-11-5-4-6-12-18/h4-14H,3,15H2,1-2H3/p+1/b19-13+. The number of rotatable bonds is 6. The Bertz CT molecular complexity index is 1200. The number of thioether (sulfide) groups is 1. The molecule has 2 amide bonds. The molecule has 0 aliphatic carbocycles. The largest absolute Gasteiger partial charge is 0.302 e. The summed E-state index contributed by atoms with van der Waals surface area (Å²) in [5, 5.41) is 6.88. The zero-order valence-corrected chi connectivity index (χ0v) is 18.5. The third kappa shape index (κ3) is 4.78. The molecule has 0 saturated heterocycles. The normalized spacial score (nSPS) is 14.7. The summed E-state index contributed by atoms with van der Waals surface area (Å²) in [6, 6.07) is 17.1. The molecule has 32 heavy (non-hydrogen) atoms. The van der Waals surface area contributed by atoms with E-state index in [1.165, 1.54) is 16.7 Å². The van der Waals surface area contributed by atoms with Crippen molar-refractivity contribution in [1.82, 2.24) is 5.27 Å². The Morgan fingerprint density at radius 3 is 2.66 bits per heavy atom. The van der Waals surface area contributed by atoms with E-state index in [1.807, 2.05) is 68.4 Å². The Balaban J connectivity index is 1.55. The van der Waals surface area contributed by atoms with Gasteiger partial charge in [0.25, 0.3) is 12.1 Å². The second kappa shape index (κ2) is 9.61. The van der Waals surface area contributed by atoms with E-state index in [1.54, 1.807) is 17.0 Å². The van der Waals surface area contributed by atoms with Crippen molar-refractivity contribution in [1.29, 1.82) is 0 Å². The quantitative estimate of drug-likeness (QED) is 0.461. The number of anilines is 2. The summed E-state index contributed by atoms with van der Waals surface area (Å²) in [7, 11) is 0. The molecule has 0 atom stereocenters. The molecule has 1 aliphatic heterocycles. The van der Waals surface area contributed by atoms with Gasteiger partial charge in [-0.3, -0.25) is 24.3 Å². The Morgan fingerprint density at radius 1 is 1.19 bits per heavy atom. The monoisotopic (exact) mass is 448 g/mol. The minimum absolute atomic E-state index is 0.0555. The number of hydrogen-bond donors (Lipinski definition) is 1. The number of nitrogens with zero attached hydrogens (tertiary/aromatic N) is 4. The van der Waals surface area contributed by atoms with Gasteiger partial charge in [0.1, 0.15) is 5.70 Å². The van der Waals surface area contributed by atoms with E-state index in [4.69, 9.17) is 4.52 Å². The molecule has 162 valence electrons. The number of hydrogen-bond acceptors (Lipinski definition) is 6. The Morgan fingerprint density at radius 2 is 1.94 bits per heavy atom. The molecule has 0 fully saturated rings. The van der Waals surface area contributed by atoms with Crippen molar-refractivity contribution in [2.24, 2.45) is 4.99 Å². The molecule has 1 aliphatic rings. The number of aromatic nitrogens is 2. The number of para-hydroxylation sites is 1. The first-order valence-corrected chi connectivity index (χ1v) is 11.1. The van der Waals surface area contributed by atoms with Crippen molar-refractivity contribution in [3.63, 3.8) is 0 Å². The van der Waals surface area contributed by atoms with Gasteiger partial charge in [0.2, 0.25) is 11.2 Å². The Hall–Kier alpha value is -3.72. The van der Waals surface area contributed by atoms with E-state index in [-0.39, 0.29) is 23.5 Å². The molecule has 0 saturated carbocycles. The number of amidine groups is 1. The van der Waals surface area contributed by atoms with Crippen LogP contribution in [0.5, 0.6) is 0 Å². The lowest BCUT2D eigenvalue weighted by molar-refractivity contribution is -0.759. The first kappa shape index (κ1) is 21.5. The SMILES string of the molecule is CC[n+]1cc(NC(=O)CSC2=N/C(=C/c3ccccc3C)C(=O)N2c2ccccc2)on1. The van der Waals surface area contributed by atoms with Gasteiger partial charge in [0, 0.05) is 0 Å². The van der Waals surface area contributed by atoms with Gasteiger partial charge in [-0.05, 0) is 43.2 Å². The average molecular weight is 449 g/mol. The second-order valence-corrected chi connectivity index (χ2v) is 7.96. The van der Waals surface area contributed by atoms with Gasteiger partial charge < -0.3 is 0 Å². The van der Waals surface area contributed by atoms with Crippen LogP contribution in [0.25, 0.3) is 6.08 Å². The van der Waals surface area contributed by atoms with Crippen LogP contribution in [0.3, 0.4) is 0 Å². The Labute approximate surface area is 189 Å². The van der Waals surface area contributed by atoms with Crippen LogP contribution in [0.1, 0.15) is 18.1 Å². The topological polar surface area (TPSA) is 91.7 Å². The predicted octanol–water partition coefficient (Wildman–Crippen LogP) is 3.41. The highest BCUT2D eigenvalue weighted by molar-refractivity contribution is 8.14. The fraction of sp³-hybridized carbons (Fsp3) is 0.174. The maximum Gasteiger partial charge on any atom is 0.302 e. The van der Waals surface area contributed by atoms with Crippen LogP contribution in [0.15, 0.2) is 76.0 Å². The van der Waals surface area contributed by atoms with Crippen LogP contribution in [0, 0.1) is 6.92 Å². The number of amides is 2. The number of nitrogens with one attached hydrogen (secondary N) is 1. The molecule has 8 nitrogen and oxygen atoms in total. The van der Waals surface area contributed by atoms with Crippen LogP contribution in [-0.4, -0.2) is 28.0 Å². The number of carbonyl (C=O) groups is 2. The van der Waals surface area contributed by atoms with E-state index >= 15 is 0 Å². The van der Waals surface area contributed by atoms with E-state index in [0.717, 1.165) is 11.1 Å². The minimum Gasteiger partial charge on any atom is -0.288 e. The van der Waals surface area contributed by atoms with E-state index in [9.17, 15) is 9.59 Å². The number of aliphatic imine (C=N–C) groups is 1. The summed E-state index contributed by atoms with van der Waals surface area (Å²) in [5.74, 6) is -0.197. The highest BCUT2D eigenvalue weighted by Crippen LogP contribution is 2.29. The van der Waals surface area contributed by atoms with Gasteiger partial charge in [-0.15, -0.1) is 0 Å². The molecule has 0 unspecified atom stereocenters. The van der Waals surface area contributed by atoms with Gasteiger partial charge in [-0.2, -0.15) is 0 Å². The van der Waals surface area contributed by atoms with Crippen molar-refractivity contribution < 1.29 is 18.8 Å². The number of benzene rings is 2. The second-order valence-electron chi connectivity index (χ2n) is 7.02. The molecule has 4 rings (SSSR count). The zero-order valence-electron chi connectivity index (χ0n) is 17.7. The summed E-state index contributed by atoms with van der Waals surface area (Å²) in [6.45, 7) is 4.53. The maximum atomic E-state index is 13.2. The first-order valence-electron chi connectivity index (χ1n) is 10.1. The summed E-state index contributed by atoms with van der Waals surface area (Å²) in [5.41, 5.74) is 2.99. The van der Waals surface area contributed by atoms with E-state index in [0.29, 0.717) is 23.1 Å². The third-order valence-corrected chi connectivity index (χ3v) is 5.69. The highest BCUT2D eigenvalue weighted by Gasteiger charge is 2.32. The molecule has 0 bridgehead atoms. The van der Waals surface area contributed by atoms with Crippen molar-refractivity contribution in [2.75, 3.05) is 16.0 Å². The summed E-state index contributed by atoms with van der Waals surface area (Å²) < 4.78 is 6.64. The Kier molecular flexibility index (Phi) is 6.46. The molecule has 9 heteroatoms. The van der Waals surface area contributed by atoms with Crippen molar-refractivity contribution in [3.8, 4) is 0 Å². The van der Waals surface area contributed by atoms with Gasteiger partial charge in [-0.1, -0.05) is 58.9 Å². The van der Waals surface area contributed by atoms with Crippen molar-refractivity contribution in [3.05, 3.63) is 77.6 Å². The molecule has 0 spiro atoms. The molecular formula is C23H22N5O3S+. The zero-order chi connectivity index (χ0) is 22.5. The van der Waals surface area contributed by atoms with Crippen molar-refractivity contribution in [2.45, 2.75) is 20.4 Å². The van der Waals surface area contributed by atoms with Crippen LogP contribution >= 0.6 is 11.8 Å². The lowest BCUT2D eigenvalue weighted by atomic mass is 10.1. The van der Waals surface area contributed by atoms with Gasteiger partial charge in [0.15, 0.2) is 11.7 Å². The number of aryl methyl sites for hydroxylation is 2. The van der Waals surface area contributed by atoms with E-state index < -0.39 is 0 Å². The van der Waals surface area contributed by atoms with Gasteiger partial charge in [-0.25, -0.2) is 4.99 Å². The van der Waals surface area contributed by atoms with E-state index in [2.05, 4.69) is 15.6 Å². The first-order chi connectivity index (χ1) is 15.5. The molecule has 1 aromatic heterocycles. The average Bonchev–Trinajstić information content (AvgIpc) is 3.38. The molecule has 3 aromatic rings. The lowest BCUT2D eigenvalue weighted by Gasteiger charge is -2.17. The summed E-state index contributed by atoms with van der Waals surface area (Å²) in [6.07, 6.45) is 3.39. The molecule has 0 radical (unpaired) electrons. The molecular weight excluding hydrogens is 426 g/mol. The van der Waals surface area contributed by atoms with Gasteiger partial charge >= 0.3 is 5.88 Å². The van der Waals surface area contributed by atoms with Crippen LogP contribution in [0.4, 0.5) is 11.6 Å². The van der Waals surface area contributed by atoms with Crippen LogP contribution in [0.2, 0.25) is 0 Å². The van der Waals surface area contributed by atoms with Crippen LogP contribution < -0.4 is 14.9 Å². The molecule has 2 heterocycles. The smallest absolute Gasteiger partial charge is 0.288 e. The summed E-state index contributed by atoms with van der Waals surface area (Å²) in [4.78, 5) is 31.7. The molecule has 2 aromatic carbocycles. The predicted molar refractivity (Wildman–Crippen MR) is 124 cm³/mol. The number of carbonyl (C=O) groups excluding carboxylic acids is 2. The lowest BCUT2D eigenvalue weighted by Crippen LogP contribution is -2.33. The van der Waals surface area contributed by atoms with Crippen molar-refractivity contribution >= 4 is 46.4 Å². The summed E-state index contributed by atoms with van der Waals surface area (Å²) >= 11 is 1.18.